The maximum atomic E-state index is 12.9. The molecule has 1 aromatic heterocycles. The maximum Gasteiger partial charge on any atom is 0.212 e. The topological polar surface area (TPSA) is 28.2 Å². The van der Waals surface area contributed by atoms with E-state index in [1.807, 2.05) is 35.2 Å². The highest BCUT2D eigenvalue weighted by molar-refractivity contribution is 6.27. The molecule has 0 amide bonds. The molecule has 1 aliphatic rings. The van der Waals surface area contributed by atoms with Gasteiger partial charge in [0.05, 0.1) is 18.4 Å². The van der Waals surface area contributed by atoms with Crippen molar-refractivity contribution in [3.05, 3.63) is 60.2 Å². The SMILES string of the molecule is Fc1ccc(N2C[C@](Cl)(NCc3ccccc3)CC2Cl)cn1. The first-order valence-electron chi connectivity index (χ1n) is 7.06. The van der Waals surface area contributed by atoms with Crippen molar-refractivity contribution in [3.63, 3.8) is 0 Å². The van der Waals surface area contributed by atoms with E-state index in [4.69, 9.17) is 23.2 Å². The summed E-state index contributed by atoms with van der Waals surface area (Å²) in [6.45, 7) is 1.20. The molecule has 1 aromatic carbocycles. The normalized spacial score (nSPS) is 24.7. The zero-order valence-electron chi connectivity index (χ0n) is 11.8. The van der Waals surface area contributed by atoms with Gasteiger partial charge in [0, 0.05) is 13.0 Å². The molecule has 1 unspecified atom stereocenters. The predicted octanol–water partition coefficient (Wildman–Crippen LogP) is 3.72. The molecule has 1 N–H and O–H groups in total. The molecule has 0 aliphatic carbocycles. The van der Waals surface area contributed by atoms with Crippen molar-refractivity contribution in [2.24, 2.45) is 0 Å². The molecular formula is C16H16Cl2FN3. The average Bonchev–Trinajstić information content (AvgIpc) is 2.83. The van der Waals surface area contributed by atoms with Crippen LogP contribution in [0.4, 0.5) is 10.1 Å². The van der Waals surface area contributed by atoms with E-state index >= 15 is 0 Å². The minimum absolute atomic E-state index is 0.256. The number of nitrogens with one attached hydrogen (secondary N) is 1. The van der Waals surface area contributed by atoms with Crippen LogP contribution >= 0.6 is 23.2 Å². The van der Waals surface area contributed by atoms with Gasteiger partial charge in [0.1, 0.15) is 10.5 Å². The number of rotatable bonds is 4. The lowest BCUT2D eigenvalue weighted by Crippen LogP contribution is -2.42. The fraction of sp³-hybridized carbons (Fsp3) is 0.312. The molecule has 22 heavy (non-hydrogen) atoms. The van der Waals surface area contributed by atoms with Crippen LogP contribution < -0.4 is 10.2 Å². The molecule has 116 valence electrons. The first kappa shape index (κ1) is 15.5. The Morgan fingerprint density at radius 3 is 2.73 bits per heavy atom. The number of hydrogen-bond donors (Lipinski definition) is 1. The van der Waals surface area contributed by atoms with E-state index < -0.39 is 10.9 Å². The van der Waals surface area contributed by atoms with E-state index in [9.17, 15) is 4.39 Å². The fourth-order valence-corrected chi connectivity index (χ4v) is 3.45. The van der Waals surface area contributed by atoms with Gasteiger partial charge < -0.3 is 4.90 Å². The molecular weight excluding hydrogens is 324 g/mol. The van der Waals surface area contributed by atoms with Crippen molar-refractivity contribution in [1.29, 1.82) is 0 Å². The van der Waals surface area contributed by atoms with Crippen LogP contribution in [0.25, 0.3) is 0 Å². The van der Waals surface area contributed by atoms with Crippen LogP contribution in [0.5, 0.6) is 0 Å². The van der Waals surface area contributed by atoms with Gasteiger partial charge in [-0.2, -0.15) is 4.39 Å². The van der Waals surface area contributed by atoms with Crippen molar-refractivity contribution < 1.29 is 4.39 Å². The van der Waals surface area contributed by atoms with Gasteiger partial charge in [0.15, 0.2) is 0 Å². The van der Waals surface area contributed by atoms with Gasteiger partial charge in [0.25, 0.3) is 0 Å². The van der Waals surface area contributed by atoms with Crippen molar-refractivity contribution >= 4 is 28.9 Å². The van der Waals surface area contributed by atoms with Gasteiger partial charge in [-0.15, -0.1) is 11.6 Å². The number of anilines is 1. The predicted molar refractivity (Wildman–Crippen MR) is 87.7 cm³/mol. The minimum atomic E-state index is -0.614. The van der Waals surface area contributed by atoms with Gasteiger partial charge in [-0.3, -0.25) is 5.32 Å². The smallest absolute Gasteiger partial charge is 0.212 e. The van der Waals surface area contributed by atoms with Gasteiger partial charge in [-0.05, 0) is 17.7 Å². The Kier molecular flexibility index (Phi) is 4.52. The molecule has 1 fully saturated rings. The van der Waals surface area contributed by atoms with E-state index in [1.165, 1.54) is 12.3 Å². The molecule has 1 aliphatic heterocycles. The van der Waals surface area contributed by atoms with Crippen LogP contribution in [0.3, 0.4) is 0 Å². The number of benzene rings is 1. The summed E-state index contributed by atoms with van der Waals surface area (Å²) in [7, 11) is 0. The van der Waals surface area contributed by atoms with Crippen molar-refractivity contribution in [1.82, 2.24) is 10.3 Å². The maximum absolute atomic E-state index is 12.9. The Bertz CT molecular complexity index is 623. The number of alkyl halides is 2. The number of nitrogens with zero attached hydrogens (tertiary/aromatic N) is 2. The van der Waals surface area contributed by atoms with Crippen molar-refractivity contribution in [3.8, 4) is 0 Å². The van der Waals surface area contributed by atoms with E-state index in [-0.39, 0.29) is 5.50 Å². The highest BCUT2D eigenvalue weighted by atomic mass is 35.5. The standard InChI is InChI=1S/C16H16Cl2FN3/c17-14-8-16(18,21-9-12-4-2-1-3-5-12)11-22(14)13-6-7-15(19)20-10-13/h1-7,10,14,21H,8-9,11H2/t14?,16-/m1/s1. The molecule has 2 aromatic rings. The molecule has 6 heteroatoms. The molecule has 2 atom stereocenters. The minimum Gasteiger partial charge on any atom is -0.351 e. The molecule has 2 heterocycles. The van der Waals surface area contributed by atoms with Gasteiger partial charge in [0.2, 0.25) is 5.95 Å². The van der Waals surface area contributed by atoms with Crippen molar-refractivity contribution in [2.45, 2.75) is 23.5 Å². The highest BCUT2D eigenvalue weighted by Crippen LogP contribution is 2.36. The third kappa shape index (κ3) is 3.51. The number of hydrogen-bond acceptors (Lipinski definition) is 3. The van der Waals surface area contributed by atoms with E-state index in [1.54, 1.807) is 6.07 Å². The summed E-state index contributed by atoms with van der Waals surface area (Å²) in [4.78, 5) is 4.98. The Balaban J connectivity index is 1.67. The molecule has 3 nitrogen and oxygen atoms in total. The molecule has 0 saturated carbocycles. The number of pyridine rings is 1. The zero-order valence-corrected chi connectivity index (χ0v) is 13.4. The summed E-state index contributed by atoms with van der Waals surface area (Å²) in [6, 6.07) is 13.0. The summed E-state index contributed by atoms with van der Waals surface area (Å²) < 4.78 is 12.9. The molecule has 1 saturated heterocycles. The van der Waals surface area contributed by atoms with Crippen LogP contribution in [0.15, 0.2) is 48.7 Å². The van der Waals surface area contributed by atoms with Gasteiger partial charge >= 0.3 is 0 Å². The molecule has 0 bridgehead atoms. The van der Waals surface area contributed by atoms with Crippen LogP contribution in [0, 0.1) is 5.95 Å². The molecule has 3 rings (SSSR count). The number of halogens is 3. The second-order valence-electron chi connectivity index (χ2n) is 5.41. The summed E-state index contributed by atoms with van der Waals surface area (Å²) in [5.74, 6) is -0.506. The van der Waals surface area contributed by atoms with Crippen LogP contribution in [0.2, 0.25) is 0 Å². The Morgan fingerprint density at radius 2 is 2.05 bits per heavy atom. The lowest BCUT2D eigenvalue weighted by Gasteiger charge is -2.25. The average molecular weight is 340 g/mol. The lowest BCUT2D eigenvalue weighted by atomic mass is 10.2. The van der Waals surface area contributed by atoms with Crippen LogP contribution in [-0.2, 0) is 6.54 Å². The molecule has 0 radical (unpaired) electrons. The number of aromatic nitrogens is 1. The van der Waals surface area contributed by atoms with Gasteiger partial charge in [-0.1, -0.05) is 41.9 Å². The Morgan fingerprint density at radius 1 is 1.27 bits per heavy atom. The first-order chi connectivity index (χ1) is 10.6. The van der Waals surface area contributed by atoms with E-state index in [2.05, 4.69) is 10.3 Å². The second-order valence-corrected chi connectivity index (χ2v) is 6.64. The summed E-state index contributed by atoms with van der Waals surface area (Å²) in [6.07, 6.45) is 2.06. The molecule has 0 spiro atoms. The third-order valence-electron chi connectivity index (χ3n) is 3.75. The second kappa shape index (κ2) is 6.41. The van der Waals surface area contributed by atoms with Crippen molar-refractivity contribution in [2.75, 3.05) is 11.4 Å². The Hall–Kier alpha value is -1.36. The Labute approximate surface area is 139 Å². The summed E-state index contributed by atoms with van der Waals surface area (Å²) in [5.41, 5.74) is 1.68. The third-order valence-corrected chi connectivity index (χ3v) is 4.54. The van der Waals surface area contributed by atoms with E-state index in [0.717, 1.165) is 11.3 Å². The first-order valence-corrected chi connectivity index (χ1v) is 7.87. The lowest BCUT2D eigenvalue weighted by molar-refractivity contribution is 0.490. The highest BCUT2D eigenvalue weighted by Gasteiger charge is 2.41. The fourth-order valence-electron chi connectivity index (χ4n) is 2.59. The van der Waals surface area contributed by atoms with Crippen LogP contribution in [-0.4, -0.2) is 22.0 Å². The largest absolute Gasteiger partial charge is 0.351 e. The summed E-state index contributed by atoms with van der Waals surface area (Å²) >= 11 is 13.1. The summed E-state index contributed by atoms with van der Waals surface area (Å²) in [5, 5.41) is 3.36. The van der Waals surface area contributed by atoms with Gasteiger partial charge in [-0.25, -0.2) is 4.98 Å². The quantitative estimate of drug-likeness (QED) is 0.522. The van der Waals surface area contributed by atoms with Crippen LogP contribution in [0.1, 0.15) is 12.0 Å². The van der Waals surface area contributed by atoms with E-state index in [0.29, 0.717) is 19.5 Å². The monoisotopic (exact) mass is 339 g/mol. The zero-order chi connectivity index (χ0) is 15.6.